The van der Waals surface area contributed by atoms with Crippen molar-refractivity contribution in [1.82, 2.24) is 15.0 Å². The number of nitrogens with zero attached hydrogens (tertiary/aromatic N) is 3. The van der Waals surface area contributed by atoms with Gasteiger partial charge in [-0.1, -0.05) is 19.1 Å². The van der Waals surface area contributed by atoms with Gasteiger partial charge in [0.25, 0.3) is 0 Å². The third-order valence-electron chi connectivity index (χ3n) is 3.21. The van der Waals surface area contributed by atoms with Crippen molar-refractivity contribution in [2.75, 3.05) is 13.2 Å². The summed E-state index contributed by atoms with van der Waals surface area (Å²) in [7, 11) is 0. The number of hydrogen-bond acceptors (Lipinski definition) is 5. The maximum absolute atomic E-state index is 10.3. The van der Waals surface area contributed by atoms with Crippen molar-refractivity contribution >= 4 is 0 Å². The Kier molecular flexibility index (Phi) is 6.41. The lowest BCUT2D eigenvalue weighted by Gasteiger charge is -2.24. The first-order valence-electron chi connectivity index (χ1n) is 6.94. The van der Waals surface area contributed by atoms with Crippen molar-refractivity contribution < 1.29 is 14.6 Å². The topological polar surface area (TPSA) is 69.4 Å². The van der Waals surface area contributed by atoms with Crippen molar-refractivity contribution in [2.45, 2.75) is 59.0 Å². The van der Waals surface area contributed by atoms with E-state index in [-0.39, 0.29) is 0 Å². The largest absolute Gasteiger partial charge is 0.388 e. The average molecular weight is 271 g/mol. The van der Waals surface area contributed by atoms with Crippen LogP contribution in [0.5, 0.6) is 0 Å². The molecule has 0 atom stereocenters. The lowest BCUT2D eigenvalue weighted by Crippen LogP contribution is -2.32. The van der Waals surface area contributed by atoms with Crippen LogP contribution in [0.1, 0.15) is 52.5 Å². The first-order valence-corrected chi connectivity index (χ1v) is 6.94. The lowest BCUT2D eigenvalue weighted by atomic mass is 9.98. The van der Waals surface area contributed by atoms with Gasteiger partial charge in [0.15, 0.2) is 0 Å². The molecule has 1 aromatic heterocycles. The molecule has 0 bridgehead atoms. The highest BCUT2D eigenvalue weighted by atomic mass is 16.7. The lowest BCUT2D eigenvalue weighted by molar-refractivity contribution is -0.142. The number of hydrogen-bond donors (Lipinski definition) is 1. The Balaban J connectivity index is 2.74. The van der Waals surface area contributed by atoms with Gasteiger partial charge in [-0.05, 0) is 26.7 Å². The highest BCUT2D eigenvalue weighted by Gasteiger charge is 2.24. The van der Waals surface area contributed by atoms with E-state index >= 15 is 0 Å². The zero-order valence-corrected chi connectivity index (χ0v) is 12.3. The molecule has 110 valence electrons. The van der Waals surface area contributed by atoms with Crippen LogP contribution in [-0.4, -0.2) is 38.9 Å². The predicted octanol–water partition coefficient (Wildman–Crippen LogP) is 1.90. The molecule has 0 aliphatic heterocycles. The monoisotopic (exact) mass is 271 g/mol. The Bertz CT molecular complexity index is 358. The van der Waals surface area contributed by atoms with Crippen molar-refractivity contribution in [3.05, 3.63) is 11.9 Å². The second-order valence-corrected chi connectivity index (χ2v) is 4.52. The van der Waals surface area contributed by atoms with Gasteiger partial charge in [0, 0.05) is 13.2 Å². The summed E-state index contributed by atoms with van der Waals surface area (Å²) < 4.78 is 12.6. The van der Waals surface area contributed by atoms with Crippen LogP contribution in [0.15, 0.2) is 6.20 Å². The Morgan fingerprint density at radius 1 is 1.21 bits per heavy atom. The number of ether oxygens (including phenoxy) is 2. The molecule has 1 aromatic rings. The van der Waals surface area contributed by atoms with E-state index in [0.717, 1.165) is 0 Å². The van der Waals surface area contributed by atoms with Gasteiger partial charge in [-0.25, -0.2) is 4.68 Å². The van der Waals surface area contributed by atoms with E-state index in [1.807, 2.05) is 27.7 Å². The maximum Gasteiger partial charge on any atom is 0.204 e. The van der Waals surface area contributed by atoms with Crippen molar-refractivity contribution in [2.24, 2.45) is 0 Å². The fourth-order valence-electron chi connectivity index (χ4n) is 1.80. The molecule has 1 rings (SSSR count). The van der Waals surface area contributed by atoms with E-state index in [4.69, 9.17) is 9.47 Å². The normalized spacial score (nSPS) is 12.3. The first kappa shape index (κ1) is 16.1. The van der Waals surface area contributed by atoms with Crippen LogP contribution < -0.4 is 0 Å². The molecule has 0 aliphatic rings. The summed E-state index contributed by atoms with van der Waals surface area (Å²) in [5.41, 5.74) is -0.101. The van der Waals surface area contributed by atoms with Gasteiger partial charge < -0.3 is 14.6 Å². The summed E-state index contributed by atoms with van der Waals surface area (Å²) in [5.74, 6) is 0. The van der Waals surface area contributed by atoms with Gasteiger partial charge in [0.1, 0.15) is 5.69 Å². The minimum Gasteiger partial charge on any atom is -0.388 e. The molecule has 1 heterocycles. The molecule has 0 amide bonds. The SMILES string of the molecule is CCOC(OCC)c1cn(CC(O)(CC)CC)nn1. The third kappa shape index (κ3) is 4.56. The highest BCUT2D eigenvalue weighted by Crippen LogP contribution is 2.19. The smallest absolute Gasteiger partial charge is 0.204 e. The minimum atomic E-state index is -0.738. The number of aliphatic hydroxyl groups is 1. The van der Waals surface area contributed by atoms with Gasteiger partial charge in [-0.15, -0.1) is 5.10 Å². The van der Waals surface area contributed by atoms with Crippen molar-refractivity contribution in [1.29, 1.82) is 0 Å². The van der Waals surface area contributed by atoms with Gasteiger partial charge in [0.05, 0.1) is 18.3 Å². The second kappa shape index (κ2) is 7.57. The van der Waals surface area contributed by atoms with E-state index in [9.17, 15) is 5.11 Å². The summed E-state index contributed by atoms with van der Waals surface area (Å²) in [5, 5.41) is 18.4. The van der Waals surface area contributed by atoms with Crippen molar-refractivity contribution in [3.8, 4) is 0 Å². The average Bonchev–Trinajstić information content (AvgIpc) is 2.86. The van der Waals surface area contributed by atoms with Gasteiger partial charge in [-0.2, -0.15) is 0 Å². The summed E-state index contributed by atoms with van der Waals surface area (Å²) in [4.78, 5) is 0. The third-order valence-corrected chi connectivity index (χ3v) is 3.21. The summed E-state index contributed by atoms with van der Waals surface area (Å²) in [6.07, 6.45) is 2.64. The van der Waals surface area contributed by atoms with E-state index in [2.05, 4.69) is 10.3 Å². The number of rotatable bonds is 9. The van der Waals surface area contributed by atoms with Crippen LogP contribution in [0.25, 0.3) is 0 Å². The Labute approximate surface area is 114 Å². The van der Waals surface area contributed by atoms with Crippen LogP contribution in [0, 0.1) is 0 Å². The molecular formula is C13H25N3O3. The standard InChI is InChI=1S/C13H25N3O3/c1-5-13(17,6-2)10-16-9-11(14-15-16)12(18-7-3)19-8-4/h9,12,17H,5-8,10H2,1-4H3. The van der Waals surface area contributed by atoms with E-state index < -0.39 is 11.9 Å². The fraction of sp³-hybridized carbons (Fsp3) is 0.846. The van der Waals surface area contributed by atoms with Crippen LogP contribution in [-0.2, 0) is 16.0 Å². The molecule has 6 nitrogen and oxygen atoms in total. The fourth-order valence-corrected chi connectivity index (χ4v) is 1.80. The molecule has 0 radical (unpaired) electrons. The van der Waals surface area contributed by atoms with Gasteiger partial charge in [-0.3, -0.25) is 0 Å². The summed E-state index contributed by atoms with van der Waals surface area (Å²) >= 11 is 0. The quantitative estimate of drug-likeness (QED) is 0.695. The summed E-state index contributed by atoms with van der Waals surface area (Å²) in [6, 6.07) is 0. The second-order valence-electron chi connectivity index (χ2n) is 4.52. The van der Waals surface area contributed by atoms with Crippen LogP contribution in [0.4, 0.5) is 0 Å². The Hall–Kier alpha value is -0.980. The zero-order valence-electron chi connectivity index (χ0n) is 12.3. The molecule has 0 saturated heterocycles. The molecule has 6 heteroatoms. The number of aromatic nitrogens is 3. The van der Waals surface area contributed by atoms with Crippen LogP contribution >= 0.6 is 0 Å². The molecule has 0 aromatic carbocycles. The molecule has 0 aliphatic carbocycles. The molecule has 0 spiro atoms. The van der Waals surface area contributed by atoms with Gasteiger partial charge in [0.2, 0.25) is 6.29 Å². The van der Waals surface area contributed by atoms with Crippen LogP contribution in [0.3, 0.4) is 0 Å². The zero-order chi connectivity index (χ0) is 14.3. The van der Waals surface area contributed by atoms with E-state index in [1.54, 1.807) is 10.9 Å². The first-order chi connectivity index (χ1) is 9.08. The molecular weight excluding hydrogens is 246 g/mol. The predicted molar refractivity (Wildman–Crippen MR) is 71.5 cm³/mol. The molecule has 1 N–H and O–H groups in total. The molecule has 0 unspecified atom stereocenters. The minimum absolute atomic E-state index is 0.429. The summed E-state index contributed by atoms with van der Waals surface area (Å²) in [6.45, 7) is 9.26. The van der Waals surface area contributed by atoms with Crippen molar-refractivity contribution in [3.63, 3.8) is 0 Å². The van der Waals surface area contributed by atoms with E-state index in [1.165, 1.54) is 0 Å². The molecule has 19 heavy (non-hydrogen) atoms. The Morgan fingerprint density at radius 2 is 1.79 bits per heavy atom. The maximum atomic E-state index is 10.3. The van der Waals surface area contributed by atoms with Gasteiger partial charge >= 0.3 is 0 Å². The molecule has 0 fully saturated rings. The molecule has 0 saturated carbocycles. The Morgan fingerprint density at radius 3 is 2.26 bits per heavy atom. The van der Waals surface area contributed by atoms with Crippen LogP contribution in [0.2, 0.25) is 0 Å². The van der Waals surface area contributed by atoms with E-state index in [0.29, 0.717) is 38.3 Å². The highest BCUT2D eigenvalue weighted by molar-refractivity contribution is 4.95.